The molecule has 0 radical (unpaired) electrons. The van der Waals surface area contributed by atoms with E-state index in [0.717, 1.165) is 0 Å². The van der Waals surface area contributed by atoms with Crippen molar-refractivity contribution in [1.82, 2.24) is 14.9 Å². The summed E-state index contributed by atoms with van der Waals surface area (Å²) in [6.07, 6.45) is -3.53. The second-order valence-electron chi connectivity index (χ2n) is 8.39. The monoisotopic (exact) mass is 487 g/mol. The first-order valence-electron chi connectivity index (χ1n) is 11.1. The van der Waals surface area contributed by atoms with E-state index in [1.54, 1.807) is 30.3 Å². The Bertz CT molecular complexity index is 1190. The van der Waals surface area contributed by atoms with Crippen molar-refractivity contribution < 1.29 is 27.2 Å². The molecule has 0 saturated carbocycles. The topological polar surface area (TPSA) is 91.6 Å². The number of anilines is 2. The highest BCUT2D eigenvalue weighted by Crippen LogP contribution is 2.35. The fourth-order valence-electron chi connectivity index (χ4n) is 3.73. The molecule has 2 amide bonds. The number of aromatic nitrogens is 2. The Labute approximate surface area is 199 Å². The van der Waals surface area contributed by atoms with Gasteiger partial charge in [-0.1, -0.05) is 32.0 Å². The standard InChI is InChI=1S/C24H24F3N5O3/c1-15(2)23(34)32-12-10-31(11-13-32)18-9-8-17(14-28-18)29-21(33)19-20(24(25,26)27)35-22(30-19)16-6-4-3-5-7-16/h3-9,14-15H,10-13H2,1-2H3,(H,29,33). The van der Waals surface area contributed by atoms with Crippen LogP contribution in [-0.4, -0.2) is 52.9 Å². The van der Waals surface area contributed by atoms with Gasteiger partial charge in [0.25, 0.3) is 5.91 Å². The molecule has 3 aromatic rings. The number of alkyl halides is 3. The summed E-state index contributed by atoms with van der Waals surface area (Å²) >= 11 is 0. The van der Waals surface area contributed by atoms with Gasteiger partial charge in [-0.15, -0.1) is 0 Å². The molecule has 1 aromatic carbocycles. The van der Waals surface area contributed by atoms with Gasteiger partial charge in [-0.3, -0.25) is 9.59 Å². The summed E-state index contributed by atoms with van der Waals surface area (Å²) in [7, 11) is 0. The highest BCUT2D eigenvalue weighted by molar-refractivity contribution is 6.04. The van der Waals surface area contributed by atoms with E-state index in [-0.39, 0.29) is 23.4 Å². The molecule has 0 spiro atoms. The number of benzene rings is 1. The molecule has 35 heavy (non-hydrogen) atoms. The predicted octanol–water partition coefficient (Wildman–Crippen LogP) is 4.31. The Morgan fingerprint density at radius 1 is 1.03 bits per heavy atom. The number of carbonyl (C=O) groups is 2. The van der Waals surface area contributed by atoms with E-state index in [1.807, 2.05) is 23.6 Å². The van der Waals surface area contributed by atoms with E-state index in [0.29, 0.717) is 37.6 Å². The zero-order valence-corrected chi connectivity index (χ0v) is 19.2. The van der Waals surface area contributed by atoms with Gasteiger partial charge in [0, 0.05) is 37.7 Å². The zero-order chi connectivity index (χ0) is 25.2. The van der Waals surface area contributed by atoms with Crippen LogP contribution in [-0.2, 0) is 11.0 Å². The fraction of sp³-hybridized carbons (Fsp3) is 0.333. The molecule has 0 atom stereocenters. The largest absolute Gasteiger partial charge is 0.452 e. The quantitative estimate of drug-likeness (QED) is 0.577. The number of oxazole rings is 1. The average molecular weight is 487 g/mol. The summed E-state index contributed by atoms with van der Waals surface area (Å²) in [6.45, 7) is 6.09. The van der Waals surface area contributed by atoms with Gasteiger partial charge in [0.1, 0.15) is 5.82 Å². The van der Waals surface area contributed by atoms with Crippen LogP contribution in [0.5, 0.6) is 0 Å². The van der Waals surface area contributed by atoms with Gasteiger partial charge in [-0.05, 0) is 24.3 Å². The Morgan fingerprint density at radius 3 is 2.29 bits per heavy atom. The minimum atomic E-state index is -4.89. The third-order valence-corrected chi connectivity index (χ3v) is 5.54. The lowest BCUT2D eigenvalue weighted by molar-refractivity contribution is -0.153. The summed E-state index contributed by atoms with van der Waals surface area (Å²) < 4.78 is 45.4. The van der Waals surface area contributed by atoms with E-state index < -0.39 is 23.5 Å². The number of hydrogen-bond acceptors (Lipinski definition) is 6. The molecular weight excluding hydrogens is 463 g/mol. The summed E-state index contributed by atoms with van der Waals surface area (Å²) in [6, 6.07) is 11.2. The van der Waals surface area contributed by atoms with Crippen LogP contribution in [0.25, 0.3) is 11.5 Å². The Balaban J connectivity index is 1.45. The molecule has 1 aliphatic rings. The van der Waals surface area contributed by atoms with Crippen molar-refractivity contribution in [3.63, 3.8) is 0 Å². The number of piperazine rings is 1. The van der Waals surface area contributed by atoms with Crippen LogP contribution in [0.4, 0.5) is 24.7 Å². The molecular formula is C24H24F3N5O3. The van der Waals surface area contributed by atoms with E-state index in [9.17, 15) is 22.8 Å². The molecule has 0 bridgehead atoms. The first kappa shape index (κ1) is 24.2. The van der Waals surface area contributed by atoms with Crippen molar-refractivity contribution in [3.8, 4) is 11.5 Å². The number of nitrogens with zero attached hydrogens (tertiary/aromatic N) is 4. The molecule has 0 unspecified atom stereocenters. The second kappa shape index (κ2) is 9.77. The lowest BCUT2D eigenvalue weighted by Gasteiger charge is -2.36. The van der Waals surface area contributed by atoms with Crippen LogP contribution in [0.1, 0.15) is 30.1 Å². The number of carbonyl (C=O) groups excluding carboxylic acids is 2. The number of hydrogen-bond donors (Lipinski definition) is 1. The molecule has 2 aromatic heterocycles. The molecule has 1 fully saturated rings. The van der Waals surface area contributed by atoms with Crippen molar-refractivity contribution in [2.75, 3.05) is 36.4 Å². The minimum absolute atomic E-state index is 0.0612. The Kier molecular flexibility index (Phi) is 6.77. The van der Waals surface area contributed by atoms with Gasteiger partial charge in [0.05, 0.1) is 11.9 Å². The number of rotatable bonds is 5. The summed E-state index contributed by atoms with van der Waals surface area (Å²) in [5, 5.41) is 2.40. The van der Waals surface area contributed by atoms with Crippen LogP contribution >= 0.6 is 0 Å². The maximum absolute atomic E-state index is 13.5. The Hall–Kier alpha value is -3.89. The number of nitrogens with one attached hydrogen (secondary N) is 1. The van der Waals surface area contributed by atoms with Gasteiger partial charge in [-0.25, -0.2) is 9.97 Å². The molecule has 1 aliphatic heterocycles. The SMILES string of the molecule is CC(C)C(=O)N1CCN(c2ccc(NC(=O)c3nc(-c4ccccc4)oc3C(F)(F)F)cn2)CC1. The number of pyridine rings is 1. The first-order chi connectivity index (χ1) is 16.6. The lowest BCUT2D eigenvalue weighted by Crippen LogP contribution is -2.50. The van der Waals surface area contributed by atoms with E-state index in [2.05, 4.69) is 15.3 Å². The third kappa shape index (κ3) is 5.44. The summed E-state index contributed by atoms with van der Waals surface area (Å²) in [5.41, 5.74) is -0.325. The van der Waals surface area contributed by atoms with Crippen LogP contribution in [0, 0.1) is 5.92 Å². The van der Waals surface area contributed by atoms with Crippen LogP contribution in [0.15, 0.2) is 53.1 Å². The van der Waals surface area contributed by atoms with Crippen molar-refractivity contribution in [2.45, 2.75) is 20.0 Å². The molecule has 11 heteroatoms. The maximum atomic E-state index is 13.5. The van der Waals surface area contributed by atoms with Gasteiger partial charge in [0.15, 0.2) is 5.69 Å². The Morgan fingerprint density at radius 2 is 1.71 bits per heavy atom. The maximum Gasteiger partial charge on any atom is 0.452 e. The normalized spacial score (nSPS) is 14.3. The second-order valence-corrected chi connectivity index (χ2v) is 8.39. The summed E-state index contributed by atoms with van der Waals surface area (Å²) in [5.74, 6) is -2.13. The van der Waals surface area contributed by atoms with Crippen LogP contribution < -0.4 is 10.2 Å². The fourth-order valence-corrected chi connectivity index (χ4v) is 3.73. The van der Waals surface area contributed by atoms with Crippen LogP contribution in [0.3, 0.4) is 0 Å². The van der Waals surface area contributed by atoms with E-state index >= 15 is 0 Å². The van der Waals surface area contributed by atoms with Crippen molar-refractivity contribution in [2.24, 2.45) is 5.92 Å². The summed E-state index contributed by atoms with van der Waals surface area (Å²) in [4.78, 5) is 36.7. The zero-order valence-electron chi connectivity index (χ0n) is 19.2. The van der Waals surface area contributed by atoms with Gasteiger partial charge in [0.2, 0.25) is 17.6 Å². The van der Waals surface area contributed by atoms with Crippen molar-refractivity contribution in [3.05, 3.63) is 60.1 Å². The number of amides is 2. The highest BCUT2D eigenvalue weighted by Gasteiger charge is 2.42. The van der Waals surface area contributed by atoms with E-state index in [1.165, 1.54) is 18.3 Å². The van der Waals surface area contributed by atoms with Crippen molar-refractivity contribution in [1.29, 1.82) is 0 Å². The highest BCUT2D eigenvalue weighted by atomic mass is 19.4. The smallest absolute Gasteiger partial charge is 0.431 e. The van der Waals surface area contributed by atoms with Crippen molar-refractivity contribution >= 4 is 23.3 Å². The van der Waals surface area contributed by atoms with Gasteiger partial charge in [-0.2, -0.15) is 13.2 Å². The van der Waals surface area contributed by atoms with Gasteiger partial charge >= 0.3 is 6.18 Å². The molecule has 8 nitrogen and oxygen atoms in total. The minimum Gasteiger partial charge on any atom is -0.431 e. The number of halogens is 3. The molecule has 184 valence electrons. The lowest BCUT2D eigenvalue weighted by atomic mass is 10.1. The molecule has 1 saturated heterocycles. The molecule has 1 N–H and O–H groups in total. The van der Waals surface area contributed by atoms with Crippen LogP contribution in [0.2, 0.25) is 0 Å². The first-order valence-corrected chi connectivity index (χ1v) is 11.1. The predicted molar refractivity (Wildman–Crippen MR) is 123 cm³/mol. The molecule has 3 heterocycles. The van der Waals surface area contributed by atoms with E-state index in [4.69, 9.17) is 4.42 Å². The third-order valence-electron chi connectivity index (χ3n) is 5.54. The molecule has 4 rings (SSSR count). The average Bonchev–Trinajstić information content (AvgIpc) is 3.31. The molecule has 0 aliphatic carbocycles. The van der Waals surface area contributed by atoms with Gasteiger partial charge < -0.3 is 19.5 Å².